The highest BCUT2D eigenvalue weighted by Gasteiger charge is 2.29. The van der Waals surface area contributed by atoms with Crippen molar-refractivity contribution in [3.05, 3.63) is 107 Å². The van der Waals surface area contributed by atoms with Crippen LogP contribution in [0.5, 0.6) is 0 Å². The molecule has 1 aliphatic heterocycles. The van der Waals surface area contributed by atoms with Gasteiger partial charge in [-0.05, 0) is 55.0 Å². The lowest BCUT2D eigenvalue weighted by atomic mass is 9.99. The van der Waals surface area contributed by atoms with Gasteiger partial charge < -0.3 is 26.0 Å². The number of benzene rings is 3. The number of aryl methyl sites for hydroxylation is 1. The zero-order valence-electron chi connectivity index (χ0n) is 19.1. The molecular weight excluding hydrogens is 458 g/mol. The highest BCUT2D eigenvalue weighted by Crippen LogP contribution is 2.39. The van der Waals surface area contributed by atoms with Crippen LogP contribution in [0.1, 0.15) is 37.8 Å². The smallest absolute Gasteiger partial charge is 0.335 e. The number of nitrogens with one attached hydrogen (secondary N) is 4. The van der Waals surface area contributed by atoms with Crippen molar-refractivity contribution in [1.29, 1.82) is 0 Å². The van der Waals surface area contributed by atoms with E-state index in [1.165, 1.54) is 12.1 Å². The number of amides is 2. The van der Waals surface area contributed by atoms with Gasteiger partial charge in [0, 0.05) is 23.1 Å². The minimum Gasteiger partial charge on any atom is -0.478 e. The Balaban J connectivity index is 1.52. The molecule has 5 rings (SSSR count). The van der Waals surface area contributed by atoms with Crippen LogP contribution in [0.3, 0.4) is 0 Å². The molecule has 1 aliphatic rings. The van der Waals surface area contributed by atoms with Crippen molar-refractivity contribution in [1.82, 2.24) is 9.97 Å². The fraction of sp³-hybridized carbons (Fsp3) is 0.0370. The lowest BCUT2D eigenvalue weighted by molar-refractivity contribution is -0.110. The van der Waals surface area contributed by atoms with E-state index in [0.717, 1.165) is 5.56 Å². The number of anilines is 3. The molecule has 2 heterocycles. The highest BCUT2D eigenvalue weighted by atomic mass is 16.4. The maximum atomic E-state index is 13.1. The van der Waals surface area contributed by atoms with Gasteiger partial charge in [0.2, 0.25) is 0 Å². The molecule has 178 valence electrons. The molecule has 0 unspecified atom stereocenters. The minimum absolute atomic E-state index is 0.165. The fourth-order valence-corrected chi connectivity index (χ4v) is 3.94. The molecule has 3 aromatic carbocycles. The predicted molar refractivity (Wildman–Crippen MR) is 137 cm³/mol. The Kier molecular flexibility index (Phi) is 5.79. The molecule has 36 heavy (non-hydrogen) atoms. The van der Waals surface area contributed by atoms with E-state index in [0.29, 0.717) is 39.6 Å². The van der Waals surface area contributed by atoms with Crippen LogP contribution in [0, 0.1) is 6.92 Å². The summed E-state index contributed by atoms with van der Waals surface area (Å²) in [7, 11) is 0. The third-order valence-electron chi connectivity index (χ3n) is 5.66. The average molecular weight is 479 g/mol. The standard InChI is InChI=1S/C27H21N5O4/c1-15-14-28-24(29-15)26(34)31-19-11-12-20-21(13-19)32-25(33)22(20)23(16-5-3-2-4-6-16)30-18-9-7-17(8-10-18)27(35)36/h2-14,30H,1H3,(H,28,29)(H,31,34)(H,32,33)(H,35,36)/b23-22-. The van der Waals surface area contributed by atoms with Crippen molar-refractivity contribution in [2.24, 2.45) is 0 Å². The van der Waals surface area contributed by atoms with Crippen LogP contribution in [0.2, 0.25) is 0 Å². The molecule has 0 radical (unpaired) electrons. The van der Waals surface area contributed by atoms with E-state index in [1.54, 1.807) is 43.5 Å². The van der Waals surface area contributed by atoms with Crippen molar-refractivity contribution in [3.63, 3.8) is 0 Å². The number of aromatic amines is 1. The zero-order valence-corrected chi connectivity index (χ0v) is 19.1. The maximum Gasteiger partial charge on any atom is 0.335 e. The summed E-state index contributed by atoms with van der Waals surface area (Å²) in [5, 5.41) is 18.1. The number of carboxylic acids is 1. The SMILES string of the molecule is Cc1c[nH]c(C(=O)Nc2ccc3c(c2)NC(=O)/C3=C(\Nc2ccc(C(=O)O)cc2)c2ccccc2)n1. The Morgan fingerprint density at radius 1 is 0.889 bits per heavy atom. The number of hydrogen-bond donors (Lipinski definition) is 5. The largest absolute Gasteiger partial charge is 0.478 e. The molecule has 9 heteroatoms. The second-order valence-electron chi connectivity index (χ2n) is 8.18. The first-order valence-electron chi connectivity index (χ1n) is 11.1. The first-order chi connectivity index (χ1) is 17.4. The third kappa shape index (κ3) is 4.45. The van der Waals surface area contributed by atoms with Gasteiger partial charge in [0.1, 0.15) is 0 Å². The first-order valence-corrected chi connectivity index (χ1v) is 11.1. The van der Waals surface area contributed by atoms with Crippen LogP contribution in [-0.4, -0.2) is 32.9 Å². The molecule has 0 aliphatic carbocycles. The van der Waals surface area contributed by atoms with E-state index >= 15 is 0 Å². The van der Waals surface area contributed by atoms with E-state index in [9.17, 15) is 19.5 Å². The second kappa shape index (κ2) is 9.22. The first kappa shape index (κ1) is 22.6. The van der Waals surface area contributed by atoms with E-state index in [-0.39, 0.29) is 23.2 Å². The average Bonchev–Trinajstić information content (AvgIpc) is 3.45. The van der Waals surface area contributed by atoms with E-state index in [1.807, 2.05) is 30.3 Å². The van der Waals surface area contributed by atoms with E-state index in [2.05, 4.69) is 25.9 Å². The van der Waals surface area contributed by atoms with Gasteiger partial charge in [-0.1, -0.05) is 30.3 Å². The number of aromatic carboxylic acids is 1. The van der Waals surface area contributed by atoms with Gasteiger partial charge in [0.15, 0.2) is 5.82 Å². The molecule has 0 saturated heterocycles. The number of nitrogens with zero attached hydrogens (tertiary/aromatic N) is 1. The van der Waals surface area contributed by atoms with Crippen LogP contribution >= 0.6 is 0 Å². The van der Waals surface area contributed by atoms with Gasteiger partial charge in [-0.25, -0.2) is 9.78 Å². The number of imidazole rings is 1. The van der Waals surface area contributed by atoms with Gasteiger partial charge in [-0.3, -0.25) is 9.59 Å². The van der Waals surface area contributed by atoms with Crippen molar-refractivity contribution in [3.8, 4) is 0 Å². The molecule has 0 fully saturated rings. The topological polar surface area (TPSA) is 136 Å². The summed E-state index contributed by atoms with van der Waals surface area (Å²) in [5.41, 5.74) is 5.00. The minimum atomic E-state index is -1.02. The number of hydrogen-bond acceptors (Lipinski definition) is 5. The molecule has 4 aromatic rings. The third-order valence-corrected chi connectivity index (χ3v) is 5.66. The summed E-state index contributed by atoms with van der Waals surface area (Å²) < 4.78 is 0. The lowest BCUT2D eigenvalue weighted by Crippen LogP contribution is -2.13. The van der Waals surface area contributed by atoms with E-state index in [4.69, 9.17) is 0 Å². The van der Waals surface area contributed by atoms with Crippen LogP contribution in [0.15, 0.2) is 79.0 Å². The van der Waals surface area contributed by atoms with Crippen LogP contribution in [0.4, 0.5) is 17.1 Å². The molecule has 0 saturated carbocycles. The summed E-state index contributed by atoms with van der Waals surface area (Å²) in [4.78, 5) is 43.8. The number of aromatic nitrogens is 2. The number of carbonyl (C=O) groups excluding carboxylic acids is 2. The molecule has 9 nitrogen and oxygen atoms in total. The van der Waals surface area contributed by atoms with Gasteiger partial charge in [-0.2, -0.15) is 0 Å². The molecule has 0 bridgehead atoms. The lowest BCUT2D eigenvalue weighted by Gasteiger charge is -2.15. The number of H-pyrrole nitrogens is 1. The molecular formula is C27H21N5O4. The summed E-state index contributed by atoms with van der Waals surface area (Å²) >= 11 is 0. The molecule has 5 N–H and O–H groups in total. The predicted octanol–water partition coefficient (Wildman–Crippen LogP) is 4.60. The normalized spacial score (nSPS) is 13.5. The van der Waals surface area contributed by atoms with Gasteiger partial charge in [0.25, 0.3) is 11.8 Å². The number of carbonyl (C=O) groups is 3. The molecule has 1 aromatic heterocycles. The zero-order chi connectivity index (χ0) is 25.2. The quantitative estimate of drug-likeness (QED) is 0.256. The van der Waals surface area contributed by atoms with Gasteiger partial charge in [-0.15, -0.1) is 0 Å². The van der Waals surface area contributed by atoms with E-state index < -0.39 is 5.97 Å². The molecule has 0 atom stereocenters. The van der Waals surface area contributed by atoms with Crippen molar-refractivity contribution in [2.45, 2.75) is 6.92 Å². The summed E-state index contributed by atoms with van der Waals surface area (Å²) in [6.45, 7) is 1.78. The number of rotatable bonds is 6. The fourth-order valence-electron chi connectivity index (χ4n) is 3.94. The summed E-state index contributed by atoms with van der Waals surface area (Å²) in [5.74, 6) is -1.51. The Morgan fingerprint density at radius 2 is 1.61 bits per heavy atom. The van der Waals surface area contributed by atoms with Crippen molar-refractivity contribution < 1.29 is 19.5 Å². The van der Waals surface area contributed by atoms with Crippen molar-refractivity contribution in [2.75, 3.05) is 16.0 Å². The van der Waals surface area contributed by atoms with Crippen LogP contribution in [-0.2, 0) is 4.79 Å². The van der Waals surface area contributed by atoms with Crippen molar-refractivity contribution >= 4 is 46.1 Å². The Labute approximate surface area is 205 Å². The highest BCUT2D eigenvalue weighted by molar-refractivity contribution is 6.37. The number of carboxylic acid groups (broad SMARTS) is 1. The summed E-state index contributed by atoms with van der Waals surface area (Å²) in [6, 6.07) is 20.8. The molecule has 2 amide bonds. The van der Waals surface area contributed by atoms with Crippen LogP contribution < -0.4 is 16.0 Å². The summed E-state index contributed by atoms with van der Waals surface area (Å²) in [6.07, 6.45) is 1.64. The van der Waals surface area contributed by atoms with Crippen LogP contribution in [0.25, 0.3) is 11.3 Å². The second-order valence-corrected chi connectivity index (χ2v) is 8.18. The number of fused-ring (bicyclic) bond motifs is 1. The van der Waals surface area contributed by atoms with Gasteiger partial charge in [0.05, 0.1) is 28.2 Å². The monoisotopic (exact) mass is 479 g/mol. The molecule has 0 spiro atoms. The van der Waals surface area contributed by atoms with Gasteiger partial charge >= 0.3 is 5.97 Å². The Bertz CT molecular complexity index is 1520. The Hall–Kier alpha value is -5.18. The maximum absolute atomic E-state index is 13.1. The Morgan fingerprint density at radius 3 is 2.28 bits per heavy atom.